The van der Waals surface area contributed by atoms with Crippen LogP contribution in [0.4, 0.5) is 0 Å². The molecule has 0 aliphatic carbocycles. The molecule has 2 atom stereocenters. The second-order valence-electron chi connectivity index (χ2n) is 7.42. The first-order chi connectivity index (χ1) is 14.9. The fourth-order valence-electron chi connectivity index (χ4n) is 3.74. The number of rotatable bonds is 5. The fourth-order valence-corrected chi connectivity index (χ4v) is 3.74. The highest BCUT2D eigenvalue weighted by Gasteiger charge is 2.39. The predicted molar refractivity (Wildman–Crippen MR) is 107 cm³/mol. The van der Waals surface area contributed by atoms with Crippen molar-refractivity contribution in [3.8, 4) is 5.88 Å². The Bertz CT molecular complexity index is 1090. The van der Waals surface area contributed by atoms with Crippen LogP contribution in [0.25, 0.3) is 0 Å². The average Bonchev–Trinajstić information content (AvgIpc) is 3.09. The monoisotopic (exact) mass is 423 g/mol. The Balaban J connectivity index is 1.48. The number of methoxy groups -OCH3 is 1. The molecule has 31 heavy (non-hydrogen) atoms. The number of hydrogen-bond acceptors (Lipinski definition) is 7. The lowest BCUT2D eigenvalue weighted by atomic mass is 10.0. The smallest absolute Gasteiger partial charge is 0.255 e. The molecule has 0 bridgehead atoms. The van der Waals surface area contributed by atoms with Crippen LogP contribution in [0.3, 0.4) is 0 Å². The van der Waals surface area contributed by atoms with E-state index >= 15 is 0 Å². The summed E-state index contributed by atoms with van der Waals surface area (Å²) in [4.78, 5) is 58.9. The SMILES string of the molecule is COc1ccnc(C(C)NC(=O)c2ccc3c(c2)CN(C2CCC(=O)NC2=O)C3=O)n1. The maximum Gasteiger partial charge on any atom is 0.255 e. The van der Waals surface area contributed by atoms with Gasteiger partial charge in [0.15, 0.2) is 5.82 Å². The van der Waals surface area contributed by atoms with Crippen molar-refractivity contribution in [3.63, 3.8) is 0 Å². The molecule has 0 saturated carbocycles. The Kier molecular flexibility index (Phi) is 5.37. The van der Waals surface area contributed by atoms with Gasteiger partial charge >= 0.3 is 0 Å². The van der Waals surface area contributed by atoms with Gasteiger partial charge in [0.1, 0.15) is 6.04 Å². The van der Waals surface area contributed by atoms with Gasteiger partial charge in [0, 0.05) is 36.4 Å². The summed E-state index contributed by atoms with van der Waals surface area (Å²) >= 11 is 0. The van der Waals surface area contributed by atoms with Crippen LogP contribution in [0, 0.1) is 0 Å². The highest BCUT2D eigenvalue weighted by molar-refractivity contribution is 6.06. The summed E-state index contributed by atoms with van der Waals surface area (Å²) in [5.74, 6) is -0.618. The standard InChI is InChI=1S/C21H21N5O5/c1-11(18-22-8-7-17(25-18)31-2)23-19(28)12-3-4-14-13(9-12)10-26(21(14)30)15-5-6-16(27)24-20(15)29/h3-4,7-9,11,15H,5-6,10H2,1-2H3,(H,23,28)(H,24,27,29). The fraction of sp³-hybridized carbons (Fsp3) is 0.333. The molecule has 1 fully saturated rings. The van der Waals surface area contributed by atoms with Crippen molar-refractivity contribution in [3.05, 3.63) is 53.0 Å². The maximum atomic E-state index is 12.8. The van der Waals surface area contributed by atoms with E-state index < -0.39 is 18.0 Å². The van der Waals surface area contributed by atoms with Crippen molar-refractivity contribution in [2.24, 2.45) is 0 Å². The van der Waals surface area contributed by atoms with Crippen LogP contribution in [-0.4, -0.2) is 51.6 Å². The van der Waals surface area contributed by atoms with Gasteiger partial charge in [0.05, 0.1) is 13.2 Å². The van der Waals surface area contributed by atoms with Crippen molar-refractivity contribution in [2.45, 2.75) is 38.4 Å². The summed E-state index contributed by atoms with van der Waals surface area (Å²) in [5.41, 5.74) is 1.49. The van der Waals surface area contributed by atoms with Gasteiger partial charge in [0.2, 0.25) is 17.7 Å². The van der Waals surface area contributed by atoms with Gasteiger partial charge in [-0.15, -0.1) is 0 Å². The minimum absolute atomic E-state index is 0.189. The van der Waals surface area contributed by atoms with Gasteiger partial charge < -0.3 is 15.0 Å². The molecule has 4 rings (SSSR count). The van der Waals surface area contributed by atoms with Crippen LogP contribution < -0.4 is 15.4 Å². The largest absolute Gasteiger partial charge is 0.481 e. The Hall–Kier alpha value is -3.82. The van der Waals surface area contributed by atoms with Gasteiger partial charge in [0.25, 0.3) is 11.8 Å². The van der Waals surface area contributed by atoms with Gasteiger partial charge in [-0.05, 0) is 37.1 Å². The molecule has 1 aromatic heterocycles. The number of imide groups is 1. The van der Waals surface area contributed by atoms with E-state index in [4.69, 9.17) is 4.74 Å². The number of amides is 4. The molecule has 0 spiro atoms. The van der Waals surface area contributed by atoms with Crippen molar-refractivity contribution >= 4 is 23.6 Å². The third-order valence-electron chi connectivity index (χ3n) is 5.38. The minimum Gasteiger partial charge on any atom is -0.481 e. The Morgan fingerprint density at radius 1 is 1.29 bits per heavy atom. The molecule has 2 aromatic rings. The zero-order valence-corrected chi connectivity index (χ0v) is 17.0. The highest BCUT2D eigenvalue weighted by Crippen LogP contribution is 2.28. The van der Waals surface area contributed by atoms with Crippen LogP contribution in [0.15, 0.2) is 30.5 Å². The summed E-state index contributed by atoms with van der Waals surface area (Å²) in [6.45, 7) is 1.96. The van der Waals surface area contributed by atoms with Crippen molar-refractivity contribution in [1.82, 2.24) is 25.5 Å². The van der Waals surface area contributed by atoms with Gasteiger partial charge in [-0.2, -0.15) is 4.98 Å². The number of carbonyl (C=O) groups is 4. The molecule has 4 amide bonds. The number of carbonyl (C=O) groups excluding carboxylic acids is 4. The van der Waals surface area contributed by atoms with Crippen LogP contribution in [0.5, 0.6) is 5.88 Å². The van der Waals surface area contributed by atoms with Crippen LogP contribution in [-0.2, 0) is 16.1 Å². The third kappa shape index (κ3) is 3.96. The molecular weight excluding hydrogens is 402 g/mol. The second-order valence-corrected chi connectivity index (χ2v) is 7.42. The number of piperidine rings is 1. The average molecular weight is 423 g/mol. The molecule has 10 heteroatoms. The van der Waals surface area contributed by atoms with E-state index in [2.05, 4.69) is 20.6 Å². The van der Waals surface area contributed by atoms with Gasteiger partial charge in [-0.3, -0.25) is 24.5 Å². The minimum atomic E-state index is -0.694. The quantitative estimate of drug-likeness (QED) is 0.678. The predicted octanol–water partition coefficient (Wildman–Crippen LogP) is 0.737. The van der Waals surface area contributed by atoms with Gasteiger partial charge in [-0.25, -0.2) is 4.98 Å². The molecule has 0 radical (unpaired) electrons. The first kappa shape index (κ1) is 20.5. The topological polar surface area (TPSA) is 131 Å². The number of fused-ring (bicyclic) bond motifs is 1. The Morgan fingerprint density at radius 3 is 2.84 bits per heavy atom. The lowest BCUT2D eigenvalue weighted by Gasteiger charge is -2.29. The van der Waals surface area contributed by atoms with Crippen LogP contribution >= 0.6 is 0 Å². The van der Waals surface area contributed by atoms with Crippen LogP contribution in [0.2, 0.25) is 0 Å². The lowest BCUT2D eigenvalue weighted by molar-refractivity contribution is -0.136. The Morgan fingerprint density at radius 2 is 2.10 bits per heavy atom. The number of hydrogen-bond donors (Lipinski definition) is 2. The molecule has 3 heterocycles. The molecular formula is C21H21N5O5. The van der Waals surface area contributed by atoms with Gasteiger partial charge in [-0.1, -0.05) is 0 Å². The highest BCUT2D eigenvalue weighted by atomic mass is 16.5. The van der Waals surface area contributed by atoms with Crippen molar-refractivity contribution in [2.75, 3.05) is 7.11 Å². The first-order valence-corrected chi connectivity index (χ1v) is 9.82. The van der Waals surface area contributed by atoms with Crippen molar-refractivity contribution < 1.29 is 23.9 Å². The summed E-state index contributed by atoms with van der Waals surface area (Å²) in [6, 6.07) is 5.26. The lowest BCUT2D eigenvalue weighted by Crippen LogP contribution is -2.52. The van der Waals surface area contributed by atoms with E-state index in [1.165, 1.54) is 12.0 Å². The van der Waals surface area contributed by atoms with E-state index in [1.54, 1.807) is 37.4 Å². The molecule has 2 aliphatic rings. The van der Waals surface area contributed by atoms with E-state index in [0.29, 0.717) is 28.4 Å². The molecule has 2 unspecified atom stereocenters. The molecule has 2 aliphatic heterocycles. The number of benzene rings is 1. The zero-order valence-electron chi connectivity index (χ0n) is 17.0. The molecule has 10 nitrogen and oxygen atoms in total. The van der Waals surface area contributed by atoms with Crippen LogP contribution in [0.1, 0.15) is 57.9 Å². The molecule has 160 valence electrons. The zero-order chi connectivity index (χ0) is 22.1. The molecule has 2 N–H and O–H groups in total. The molecule has 1 saturated heterocycles. The summed E-state index contributed by atoms with van der Waals surface area (Å²) < 4.78 is 5.08. The maximum absolute atomic E-state index is 12.8. The second kappa shape index (κ2) is 8.13. The first-order valence-electron chi connectivity index (χ1n) is 9.82. The van der Waals surface area contributed by atoms with Crippen molar-refractivity contribution in [1.29, 1.82) is 0 Å². The summed E-state index contributed by atoms with van der Waals surface area (Å²) in [7, 11) is 1.50. The number of nitrogens with zero attached hydrogens (tertiary/aromatic N) is 3. The molecule has 1 aromatic carbocycles. The Labute approximate surface area is 178 Å². The third-order valence-corrected chi connectivity index (χ3v) is 5.38. The summed E-state index contributed by atoms with van der Waals surface area (Å²) in [5, 5.41) is 5.10. The van der Waals surface area contributed by atoms with E-state index in [9.17, 15) is 19.2 Å². The van der Waals surface area contributed by atoms with E-state index in [-0.39, 0.29) is 37.1 Å². The number of ether oxygens (including phenoxy) is 1. The van der Waals surface area contributed by atoms with E-state index in [1.807, 2.05) is 0 Å². The number of nitrogens with one attached hydrogen (secondary N) is 2. The summed E-state index contributed by atoms with van der Waals surface area (Å²) in [6.07, 6.45) is 2.03. The normalized spacial score (nSPS) is 19.0. The van der Waals surface area contributed by atoms with E-state index in [0.717, 1.165) is 0 Å². The number of aromatic nitrogens is 2.